The summed E-state index contributed by atoms with van der Waals surface area (Å²) < 4.78 is 0. The fraction of sp³-hybridized carbons (Fsp3) is 0.400. The Bertz CT molecular complexity index is 692. The van der Waals surface area contributed by atoms with Crippen LogP contribution in [-0.4, -0.2) is 38.6 Å². The Balaban J connectivity index is 1.92. The third-order valence-electron chi connectivity index (χ3n) is 4.20. The summed E-state index contributed by atoms with van der Waals surface area (Å²) in [6.45, 7) is 5.97. The molecule has 2 rings (SSSR count). The van der Waals surface area contributed by atoms with E-state index in [1.165, 1.54) is 11.1 Å². The predicted molar refractivity (Wildman–Crippen MR) is 106 cm³/mol. The smallest absolute Gasteiger partial charge is 0.191 e. The first kappa shape index (κ1) is 18.8. The van der Waals surface area contributed by atoms with Crippen molar-refractivity contribution in [3.05, 3.63) is 59.8 Å². The molecular formula is C20H29N5. The minimum Gasteiger partial charge on any atom is -0.363 e. The molecule has 0 saturated heterocycles. The minimum atomic E-state index is 0.0215. The molecule has 1 heterocycles. The lowest BCUT2D eigenvalue weighted by Gasteiger charge is -2.26. The Morgan fingerprint density at radius 2 is 1.84 bits per heavy atom. The highest BCUT2D eigenvalue weighted by atomic mass is 15.2. The van der Waals surface area contributed by atoms with Gasteiger partial charge in [0.05, 0.1) is 0 Å². The van der Waals surface area contributed by atoms with Crippen molar-refractivity contribution in [2.45, 2.75) is 25.8 Å². The highest BCUT2D eigenvalue weighted by Crippen LogP contribution is 2.21. The molecule has 5 nitrogen and oxygen atoms in total. The van der Waals surface area contributed by atoms with Gasteiger partial charge in [0.1, 0.15) is 5.82 Å². The average Bonchev–Trinajstić information content (AvgIpc) is 2.63. The summed E-state index contributed by atoms with van der Waals surface area (Å²) in [7, 11) is 5.78. The van der Waals surface area contributed by atoms with Crippen LogP contribution in [0.1, 0.15) is 25.0 Å². The van der Waals surface area contributed by atoms with E-state index in [2.05, 4.69) is 64.8 Å². The van der Waals surface area contributed by atoms with Crippen LogP contribution in [0.4, 0.5) is 5.82 Å². The van der Waals surface area contributed by atoms with Crippen molar-refractivity contribution < 1.29 is 0 Å². The Kier molecular flexibility index (Phi) is 6.39. The van der Waals surface area contributed by atoms with Crippen molar-refractivity contribution >= 4 is 11.8 Å². The molecule has 0 unspecified atom stereocenters. The molecule has 0 atom stereocenters. The maximum absolute atomic E-state index is 4.34. The van der Waals surface area contributed by atoms with Crippen molar-refractivity contribution in [1.29, 1.82) is 0 Å². The third kappa shape index (κ3) is 5.48. The van der Waals surface area contributed by atoms with E-state index in [-0.39, 0.29) is 5.41 Å². The molecule has 0 bridgehead atoms. The van der Waals surface area contributed by atoms with Crippen LogP contribution in [0, 0.1) is 0 Å². The van der Waals surface area contributed by atoms with Gasteiger partial charge in [-0.05, 0) is 23.3 Å². The molecule has 1 aromatic carbocycles. The highest BCUT2D eigenvalue weighted by Gasteiger charge is 2.20. The maximum Gasteiger partial charge on any atom is 0.191 e. The summed E-state index contributed by atoms with van der Waals surface area (Å²) >= 11 is 0. The lowest BCUT2D eigenvalue weighted by Crippen LogP contribution is -2.43. The van der Waals surface area contributed by atoms with Gasteiger partial charge in [0.25, 0.3) is 0 Å². The van der Waals surface area contributed by atoms with E-state index in [9.17, 15) is 0 Å². The van der Waals surface area contributed by atoms with Crippen molar-refractivity contribution in [3.63, 3.8) is 0 Å². The van der Waals surface area contributed by atoms with Crippen LogP contribution >= 0.6 is 0 Å². The molecule has 2 aromatic rings. The summed E-state index contributed by atoms with van der Waals surface area (Å²) in [5.74, 6) is 1.75. The average molecular weight is 339 g/mol. The fourth-order valence-electron chi connectivity index (χ4n) is 2.52. The van der Waals surface area contributed by atoms with Crippen LogP contribution < -0.4 is 15.5 Å². The zero-order valence-electron chi connectivity index (χ0n) is 15.9. The summed E-state index contributed by atoms with van der Waals surface area (Å²) in [5, 5.41) is 6.80. The Labute approximate surface area is 151 Å². The topological polar surface area (TPSA) is 52.6 Å². The number of guanidine groups is 1. The van der Waals surface area contributed by atoms with Gasteiger partial charge in [-0.1, -0.05) is 44.2 Å². The number of hydrogen-bond donors (Lipinski definition) is 2. The van der Waals surface area contributed by atoms with Crippen LogP contribution in [0.15, 0.2) is 53.7 Å². The van der Waals surface area contributed by atoms with Crippen LogP contribution in [-0.2, 0) is 12.0 Å². The molecule has 0 amide bonds. The highest BCUT2D eigenvalue weighted by molar-refractivity contribution is 5.79. The maximum atomic E-state index is 4.34. The van der Waals surface area contributed by atoms with E-state index in [4.69, 9.17) is 0 Å². The van der Waals surface area contributed by atoms with E-state index in [1.807, 2.05) is 37.3 Å². The van der Waals surface area contributed by atoms with Gasteiger partial charge in [-0.25, -0.2) is 4.98 Å². The molecule has 0 saturated carbocycles. The second kappa shape index (κ2) is 8.51. The van der Waals surface area contributed by atoms with Crippen molar-refractivity contribution in [1.82, 2.24) is 15.6 Å². The van der Waals surface area contributed by atoms with Crippen LogP contribution in [0.2, 0.25) is 0 Å². The molecule has 0 fully saturated rings. The zero-order valence-corrected chi connectivity index (χ0v) is 15.9. The van der Waals surface area contributed by atoms with Gasteiger partial charge in [-0.2, -0.15) is 0 Å². The summed E-state index contributed by atoms with van der Waals surface area (Å²) in [5.41, 5.74) is 2.50. The number of aromatic nitrogens is 1. The van der Waals surface area contributed by atoms with Gasteiger partial charge in [0.15, 0.2) is 5.96 Å². The van der Waals surface area contributed by atoms with Gasteiger partial charge >= 0.3 is 0 Å². The number of pyridine rings is 1. The van der Waals surface area contributed by atoms with E-state index in [0.717, 1.165) is 18.3 Å². The second-order valence-electron chi connectivity index (χ2n) is 6.95. The number of hydrogen-bond acceptors (Lipinski definition) is 3. The van der Waals surface area contributed by atoms with E-state index < -0.39 is 0 Å². The number of nitrogens with zero attached hydrogens (tertiary/aromatic N) is 3. The first-order chi connectivity index (χ1) is 11.9. The van der Waals surface area contributed by atoms with Gasteiger partial charge in [-0.3, -0.25) is 4.99 Å². The van der Waals surface area contributed by atoms with Gasteiger partial charge in [0, 0.05) is 45.8 Å². The van der Waals surface area contributed by atoms with Gasteiger partial charge in [-0.15, -0.1) is 0 Å². The van der Waals surface area contributed by atoms with Gasteiger partial charge in [0.2, 0.25) is 0 Å². The van der Waals surface area contributed by atoms with E-state index in [1.54, 1.807) is 7.05 Å². The van der Waals surface area contributed by atoms with Crippen molar-refractivity contribution in [3.8, 4) is 0 Å². The lowest BCUT2D eigenvalue weighted by atomic mass is 9.85. The SMILES string of the molecule is CN=C(NCc1ccnc(N(C)C)c1)NCC(C)(C)c1ccccc1. The zero-order chi connectivity index (χ0) is 18.3. The molecule has 5 heteroatoms. The molecule has 0 aliphatic rings. The minimum absolute atomic E-state index is 0.0215. The predicted octanol–water partition coefficient (Wildman–Crippen LogP) is 2.79. The summed E-state index contributed by atoms with van der Waals surface area (Å²) in [6, 6.07) is 14.6. The first-order valence-electron chi connectivity index (χ1n) is 8.54. The quantitative estimate of drug-likeness (QED) is 0.628. The number of anilines is 1. The largest absolute Gasteiger partial charge is 0.363 e. The third-order valence-corrected chi connectivity index (χ3v) is 4.20. The standard InChI is InChI=1S/C20H29N5/c1-20(2,17-9-7-6-8-10-17)15-24-19(21-3)23-14-16-11-12-22-18(13-16)25(4)5/h6-13H,14-15H2,1-5H3,(H2,21,23,24). The van der Waals surface area contributed by atoms with Crippen molar-refractivity contribution in [2.24, 2.45) is 4.99 Å². The Hall–Kier alpha value is -2.56. The van der Waals surface area contributed by atoms with Crippen molar-refractivity contribution in [2.75, 3.05) is 32.6 Å². The Morgan fingerprint density at radius 3 is 2.48 bits per heavy atom. The molecule has 0 spiro atoms. The molecular weight excluding hydrogens is 310 g/mol. The van der Waals surface area contributed by atoms with Crippen LogP contribution in [0.25, 0.3) is 0 Å². The molecule has 1 aromatic heterocycles. The monoisotopic (exact) mass is 339 g/mol. The van der Waals surface area contributed by atoms with Crippen LogP contribution in [0.3, 0.4) is 0 Å². The number of aliphatic imine (C=N–C) groups is 1. The molecule has 0 radical (unpaired) electrons. The van der Waals surface area contributed by atoms with E-state index >= 15 is 0 Å². The number of rotatable bonds is 6. The first-order valence-corrected chi connectivity index (χ1v) is 8.54. The molecule has 0 aliphatic heterocycles. The normalized spacial score (nSPS) is 12.0. The molecule has 2 N–H and O–H groups in total. The Morgan fingerprint density at radius 1 is 1.12 bits per heavy atom. The fourth-order valence-corrected chi connectivity index (χ4v) is 2.52. The van der Waals surface area contributed by atoms with E-state index in [0.29, 0.717) is 6.54 Å². The second-order valence-corrected chi connectivity index (χ2v) is 6.95. The molecule has 134 valence electrons. The lowest BCUT2D eigenvalue weighted by molar-refractivity contribution is 0.508. The summed E-state index contributed by atoms with van der Waals surface area (Å²) in [4.78, 5) is 10.7. The van der Waals surface area contributed by atoms with Gasteiger partial charge < -0.3 is 15.5 Å². The molecule has 25 heavy (non-hydrogen) atoms. The number of nitrogens with one attached hydrogen (secondary N) is 2. The number of benzene rings is 1. The molecule has 0 aliphatic carbocycles. The summed E-state index contributed by atoms with van der Waals surface area (Å²) in [6.07, 6.45) is 1.83. The van der Waals surface area contributed by atoms with Crippen LogP contribution in [0.5, 0.6) is 0 Å².